The van der Waals surface area contributed by atoms with Crippen LogP contribution in [0.25, 0.3) is 0 Å². The van der Waals surface area contributed by atoms with Crippen molar-refractivity contribution in [1.82, 2.24) is 5.32 Å². The maximum absolute atomic E-state index is 13.7. The summed E-state index contributed by atoms with van der Waals surface area (Å²) in [6.45, 7) is 1.11. The summed E-state index contributed by atoms with van der Waals surface area (Å²) in [6.07, 6.45) is 7.28. The summed E-state index contributed by atoms with van der Waals surface area (Å²) in [6, 6.07) is 7.73. The Morgan fingerprint density at radius 3 is 2.81 bits per heavy atom. The molecule has 1 heterocycles. The van der Waals surface area contributed by atoms with Gasteiger partial charge in [0.1, 0.15) is 17.4 Å². The number of anilines is 1. The second-order valence-electron chi connectivity index (χ2n) is 6.18. The Labute approximate surface area is 125 Å². The molecule has 3 nitrogen and oxygen atoms in total. The molecule has 0 spiro atoms. The minimum atomic E-state index is -0.436. The Balaban J connectivity index is 1.78. The molecule has 0 amide bonds. The molecule has 112 valence electrons. The molecule has 1 saturated heterocycles. The molecule has 3 unspecified atom stereocenters. The van der Waals surface area contributed by atoms with Crippen molar-refractivity contribution < 1.29 is 4.39 Å². The number of halogens is 1. The summed E-state index contributed by atoms with van der Waals surface area (Å²) in [7, 11) is 0. The zero-order valence-electron chi connectivity index (χ0n) is 12.2. The number of hydrogen-bond acceptors (Lipinski definition) is 3. The Bertz CT molecular complexity index is 531. The van der Waals surface area contributed by atoms with Crippen LogP contribution in [-0.4, -0.2) is 18.6 Å². The van der Waals surface area contributed by atoms with E-state index in [0.29, 0.717) is 23.7 Å². The summed E-state index contributed by atoms with van der Waals surface area (Å²) in [4.78, 5) is 0. The number of rotatable bonds is 3. The minimum Gasteiger partial charge on any atom is -0.381 e. The van der Waals surface area contributed by atoms with E-state index in [-0.39, 0.29) is 5.56 Å². The van der Waals surface area contributed by atoms with Gasteiger partial charge in [0.15, 0.2) is 0 Å². The van der Waals surface area contributed by atoms with Crippen molar-refractivity contribution >= 4 is 5.69 Å². The molecule has 21 heavy (non-hydrogen) atoms. The van der Waals surface area contributed by atoms with E-state index in [1.807, 2.05) is 12.1 Å². The van der Waals surface area contributed by atoms with Crippen molar-refractivity contribution in [3.05, 3.63) is 29.6 Å². The average Bonchev–Trinajstić information content (AvgIpc) is 3.02. The van der Waals surface area contributed by atoms with Gasteiger partial charge in [0.05, 0.1) is 5.69 Å². The maximum atomic E-state index is 13.7. The zero-order chi connectivity index (χ0) is 14.7. The molecule has 2 N–H and O–H groups in total. The summed E-state index contributed by atoms with van der Waals surface area (Å²) >= 11 is 0. The van der Waals surface area contributed by atoms with Crippen molar-refractivity contribution in [1.29, 1.82) is 5.26 Å². The highest BCUT2D eigenvalue weighted by Gasteiger charge is 2.33. The molecule has 1 aliphatic carbocycles. The molecule has 1 aliphatic heterocycles. The van der Waals surface area contributed by atoms with E-state index in [0.717, 1.165) is 13.0 Å². The molecule has 2 aliphatic rings. The third kappa shape index (κ3) is 3.03. The lowest BCUT2D eigenvalue weighted by Crippen LogP contribution is -2.43. The first kappa shape index (κ1) is 14.3. The SMILES string of the molecule is N#Cc1c(F)cccc1NC1CCCCC1C1CCCN1. The molecule has 1 saturated carbocycles. The van der Waals surface area contributed by atoms with Gasteiger partial charge in [-0.3, -0.25) is 0 Å². The molecular formula is C17H22FN3. The molecule has 3 rings (SSSR count). The van der Waals surface area contributed by atoms with Gasteiger partial charge in [0.25, 0.3) is 0 Å². The molecule has 0 aromatic heterocycles. The second kappa shape index (κ2) is 6.44. The standard InChI is InChI=1S/C17H22FN3/c18-14-6-3-8-17(13(14)11-19)21-16-7-2-1-5-12(16)15-9-4-10-20-15/h3,6,8,12,15-16,20-21H,1-2,4-5,7,9-10H2. The van der Waals surface area contributed by atoms with Crippen molar-refractivity contribution in [3.8, 4) is 6.07 Å². The first-order chi connectivity index (χ1) is 10.3. The first-order valence-electron chi connectivity index (χ1n) is 7.98. The molecule has 1 aromatic rings. The van der Waals surface area contributed by atoms with Crippen molar-refractivity contribution in [2.45, 2.75) is 50.6 Å². The van der Waals surface area contributed by atoms with Gasteiger partial charge in [-0.15, -0.1) is 0 Å². The van der Waals surface area contributed by atoms with Gasteiger partial charge >= 0.3 is 0 Å². The number of nitrogens with one attached hydrogen (secondary N) is 2. The van der Waals surface area contributed by atoms with Gasteiger partial charge in [-0.2, -0.15) is 5.26 Å². The van der Waals surface area contributed by atoms with E-state index in [2.05, 4.69) is 10.6 Å². The lowest BCUT2D eigenvalue weighted by atomic mass is 9.79. The van der Waals surface area contributed by atoms with Crippen molar-refractivity contribution in [2.75, 3.05) is 11.9 Å². The Morgan fingerprint density at radius 1 is 1.19 bits per heavy atom. The fourth-order valence-electron chi connectivity index (χ4n) is 3.86. The van der Waals surface area contributed by atoms with Gasteiger partial charge in [0.2, 0.25) is 0 Å². The van der Waals surface area contributed by atoms with Crippen molar-refractivity contribution in [2.24, 2.45) is 5.92 Å². The van der Waals surface area contributed by atoms with Crippen LogP contribution in [0.5, 0.6) is 0 Å². The van der Waals surface area contributed by atoms with E-state index < -0.39 is 5.82 Å². The van der Waals surface area contributed by atoms with Crippen LogP contribution >= 0.6 is 0 Å². The predicted octanol–water partition coefficient (Wildman–Crippen LogP) is 3.42. The fraction of sp³-hybridized carbons (Fsp3) is 0.588. The molecule has 0 radical (unpaired) electrons. The van der Waals surface area contributed by atoms with Gasteiger partial charge in [-0.1, -0.05) is 18.9 Å². The van der Waals surface area contributed by atoms with Crippen LogP contribution in [0.15, 0.2) is 18.2 Å². The lowest BCUT2D eigenvalue weighted by molar-refractivity contribution is 0.262. The summed E-state index contributed by atoms with van der Waals surface area (Å²) in [5.74, 6) is 0.143. The number of hydrogen-bond donors (Lipinski definition) is 2. The van der Waals surface area contributed by atoms with E-state index in [1.54, 1.807) is 6.07 Å². The number of nitrogens with zero attached hydrogens (tertiary/aromatic N) is 1. The van der Waals surface area contributed by atoms with Crippen molar-refractivity contribution in [3.63, 3.8) is 0 Å². The summed E-state index contributed by atoms with van der Waals surface area (Å²) in [5, 5.41) is 16.2. The van der Waals surface area contributed by atoms with Crippen LogP contribution in [0.4, 0.5) is 10.1 Å². The number of benzene rings is 1. The lowest BCUT2D eigenvalue weighted by Gasteiger charge is -2.37. The molecule has 4 heteroatoms. The van der Waals surface area contributed by atoms with Gasteiger partial charge in [-0.25, -0.2) is 4.39 Å². The summed E-state index contributed by atoms with van der Waals surface area (Å²) < 4.78 is 13.7. The van der Waals surface area contributed by atoms with E-state index in [1.165, 1.54) is 38.2 Å². The highest BCUT2D eigenvalue weighted by molar-refractivity contribution is 5.58. The Kier molecular flexibility index (Phi) is 4.40. The van der Waals surface area contributed by atoms with E-state index in [4.69, 9.17) is 5.26 Å². The smallest absolute Gasteiger partial charge is 0.143 e. The van der Waals surface area contributed by atoms with E-state index in [9.17, 15) is 4.39 Å². The first-order valence-corrected chi connectivity index (χ1v) is 7.98. The van der Waals surface area contributed by atoms with E-state index >= 15 is 0 Å². The van der Waals surface area contributed by atoms with Crippen LogP contribution < -0.4 is 10.6 Å². The van der Waals surface area contributed by atoms with Crippen LogP contribution in [-0.2, 0) is 0 Å². The molecule has 0 bridgehead atoms. The summed E-state index contributed by atoms with van der Waals surface area (Å²) in [5.41, 5.74) is 0.786. The van der Waals surface area contributed by atoms with Gasteiger partial charge in [0, 0.05) is 12.1 Å². The van der Waals surface area contributed by atoms with Crippen LogP contribution in [0, 0.1) is 23.1 Å². The predicted molar refractivity (Wildman–Crippen MR) is 81.5 cm³/mol. The monoisotopic (exact) mass is 287 g/mol. The van der Waals surface area contributed by atoms with Crippen LogP contribution in [0.2, 0.25) is 0 Å². The second-order valence-corrected chi connectivity index (χ2v) is 6.18. The highest BCUT2D eigenvalue weighted by atomic mass is 19.1. The largest absolute Gasteiger partial charge is 0.381 e. The number of nitriles is 1. The molecule has 2 fully saturated rings. The molecule has 1 aromatic carbocycles. The van der Waals surface area contributed by atoms with Crippen LogP contribution in [0.3, 0.4) is 0 Å². The molecule has 3 atom stereocenters. The maximum Gasteiger partial charge on any atom is 0.143 e. The third-order valence-electron chi connectivity index (χ3n) is 4.90. The third-order valence-corrected chi connectivity index (χ3v) is 4.90. The van der Waals surface area contributed by atoms with Crippen LogP contribution in [0.1, 0.15) is 44.1 Å². The minimum absolute atomic E-state index is 0.140. The quantitative estimate of drug-likeness (QED) is 0.895. The topological polar surface area (TPSA) is 47.9 Å². The normalized spacial score (nSPS) is 29.0. The molecular weight excluding hydrogens is 265 g/mol. The van der Waals surface area contributed by atoms with Gasteiger partial charge in [-0.05, 0) is 50.3 Å². The average molecular weight is 287 g/mol. The highest BCUT2D eigenvalue weighted by Crippen LogP contribution is 2.33. The Hall–Kier alpha value is -1.60. The zero-order valence-corrected chi connectivity index (χ0v) is 12.2. The fourth-order valence-corrected chi connectivity index (χ4v) is 3.86. The van der Waals surface area contributed by atoms with Gasteiger partial charge < -0.3 is 10.6 Å². The Morgan fingerprint density at radius 2 is 2.05 bits per heavy atom.